The molecule has 0 fully saturated rings. The molecule has 1 aliphatic rings. The highest BCUT2D eigenvalue weighted by molar-refractivity contribution is 5.91. The number of anilines is 2. The summed E-state index contributed by atoms with van der Waals surface area (Å²) in [5.74, 6) is 1.11. The maximum atomic E-state index is 11.1. The van der Waals surface area contributed by atoms with E-state index in [4.69, 9.17) is 5.11 Å². The summed E-state index contributed by atoms with van der Waals surface area (Å²) >= 11 is 0. The van der Waals surface area contributed by atoms with E-state index in [1.807, 2.05) is 4.90 Å². The van der Waals surface area contributed by atoms with Gasteiger partial charge in [-0.25, -0.2) is 19.7 Å². The van der Waals surface area contributed by atoms with Gasteiger partial charge in [-0.05, 0) is 12.8 Å². The van der Waals surface area contributed by atoms with Crippen LogP contribution in [0.4, 0.5) is 16.4 Å². The number of hydrogen-bond acceptors (Lipinski definition) is 4. The molecule has 1 aromatic rings. The predicted molar refractivity (Wildman–Crippen MR) is 64.3 cm³/mol. The molecule has 1 aliphatic heterocycles. The largest absolute Gasteiger partial charge is 0.465 e. The van der Waals surface area contributed by atoms with Gasteiger partial charge < -0.3 is 10.0 Å². The molecular weight excluding hydrogens is 220 g/mol. The summed E-state index contributed by atoms with van der Waals surface area (Å²) in [6.07, 6.45) is 4.05. The van der Waals surface area contributed by atoms with Gasteiger partial charge in [-0.3, -0.25) is 0 Å². The lowest BCUT2D eigenvalue weighted by Crippen LogP contribution is -2.40. The monoisotopic (exact) mass is 236 g/mol. The lowest BCUT2D eigenvalue weighted by atomic mass is 10.1. The van der Waals surface area contributed by atoms with E-state index < -0.39 is 6.09 Å². The van der Waals surface area contributed by atoms with E-state index >= 15 is 0 Å². The molecule has 17 heavy (non-hydrogen) atoms. The van der Waals surface area contributed by atoms with E-state index in [-0.39, 0.29) is 0 Å². The van der Waals surface area contributed by atoms with Gasteiger partial charge in [0.05, 0.1) is 0 Å². The Morgan fingerprint density at radius 3 is 2.47 bits per heavy atom. The lowest BCUT2D eigenvalue weighted by molar-refractivity contribution is 0.202. The fourth-order valence-electron chi connectivity index (χ4n) is 2.17. The second-order valence-corrected chi connectivity index (χ2v) is 4.00. The Balaban J connectivity index is 2.37. The molecule has 1 aromatic heterocycles. The number of nitrogens with zero attached hydrogens (tertiary/aromatic N) is 4. The Kier molecular flexibility index (Phi) is 3.12. The fourth-order valence-corrected chi connectivity index (χ4v) is 2.17. The van der Waals surface area contributed by atoms with Crippen molar-refractivity contribution in [1.82, 2.24) is 9.97 Å². The molecule has 6 heteroatoms. The second-order valence-electron chi connectivity index (χ2n) is 4.00. The Hall–Kier alpha value is -1.85. The summed E-state index contributed by atoms with van der Waals surface area (Å²) in [4.78, 5) is 22.7. The highest BCUT2D eigenvalue weighted by atomic mass is 16.4. The van der Waals surface area contributed by atoms with Crippen LogP contribution in [0.15, 0.2) is 12.4 Å². The molecule has 0 unspecified atom stereocenters. The molecule has 6 nitrogen and oxygen atoms in total. The van der Waals surface area contributed by atoms with Crippen LogP contribution in [-0.4, -0.2) is 33.9 Å². The van der Waals surface area contributed by atoms with E-state index in [9.17, 15) is 4.79 Å². The third-order valence-electron chi connectivity index (χ3n) is 3.10. The number of carbonyl (C=O) groups is 1. The van der Waals surface area contributed by atoms with Crippen molar-refractivity contribution in [3.8, 4) is 0 Å². The third-order valence-corrected chi connectivity index (χ3v) is 3.10. The minimum atomic E-state index is -0.986. The van der Waals surface area contributed by atoms with Crippen LogP contribution < -0.4 is 9.80 Å². The van der Waals surface area contributed by atoms with Crippen LogP contribution in [0.2, 0.25) is 0 Å². The zero-order chi connectivity index (χ0) is 12.4. The lowest BCUT2D eigenvalue weighted by Gasteiger charge is -2.26. The smallest absolute Gasteiger partial charge is 0.414 e. The van der Waals surface area contributed by atoms with Crippen molar-refractivity contribution in [2.24, 2.45) is 0 Å². The number of hydrogen-bond donors (Lipinski definition) is 1. The molecule has 0 atom stereocenters. The van der Waals surface area contributed by atoms with Gasteiger partial charge in [0.2, 0.25) is 0 Å². The summed E-state index contributed by atoms with van der Waals surface area (Å²) in [5.41, 5.74) is 0. The van der Waals surface area contributed by atoms with Crippen molar-refractivity contribution in [2.75, 3.05) is 16.5 Å². The number of carboxylic acid groups (broad SMARTS) is 1. The molecule has 0 radical (unpaired) electrons. The normalized spacial score (nSPS) is 14.3. The summed E-state index contributed by atoms with van der Waals surface area (Å²) in [6.45, 7) is 4.50. The third kappa shape index (κ3) is 1.90. The first-order valence-electron chi connectivity index (χ1n) is 5.77. The molecule has 1 N–H and O–H groups in total. The zero-order valence-electron chi connectivity index (χ0n) is 10.00. The number of amides is 1. The number of aromatic nitrogens is 2. The molecule has 0 aromatic carbocycles. The zero-order valence-corrected chi connectivity index (χ0v) is 10.00. The Morgan fingerprint density at radius 1 is 1.35 bits per heavy atom. The quantitative estimate of drug-likeness (QED) is 0.868. The molecule has 0 aliphatic carbocycles. The second kappa shape index (κ2) is 4.57. The molecule has 1 amide bonds. The molecule has 0 saturated carbocycles. The minimum absolute atomic E-state index is 0.301. The maximum Gasteiger partial charge on any atom is 0.414 e. The molecule has 2 heterocycles. The molecular formula is C11H16N4O2. The maximum absolute atomic E-state index is 11.1. The van der Waals surface area contributed by atoms with Gasteiger partial charge in [0.25, 0.3) is 0 Å². The van der Waals surface area contributed by atoms with Gasteiger partial charge in [0.15, 0.2) is 11.6 Å². The summed E-state index contributed by atoms with van der Waals surface area (Å²) in [6, 6.07) is 0.301. The van der Waals surface area contributed by atoms with Crippen LogP contribution in [0.5, 0.6) is 0 Å². The van der Waals surface area contributed by atoms with Crippen molar-refractivity contribution in [3.63, 3.8) is 0 Å². The van der Waals surface area contributed by atoms with Crippen molar-refractivity contribution >= 4 is 17.7 Å². The predicted octanol–water partition coefficient (Wildman–Crippen LogP) is 1.93. The molecule has 2 rings (SSSR count). The van der Waals surface area contributed by atoms with Crippen molar-refractivity contribution < 1.29 is 9.90 Å². The van der Waals surface area contributed by atoms with Crippen molar-refractivity contribution in [1.29, 1.82) is 0 Å². The van der Waals surface area contributed by atoms with Gasteiger partial charge in [-0.2, -0.15) is 0 Å². The van der Waals surface area contributed by atoms with Crippen LogP contribution in [0.25, 0.3) is 0 Å². The van der Waals surface area contributed by atoms with Crippen LogP contribution in [0.3, 0.4) is 0 Å². The van der Waals surface area contributed by atoms with E-state index in [0.717, 1.165) is 12.8 Å². The summed E-state index contributed by atoms with van der Waals surface area (Å²) < 4.78 is 0. The van der Waals surface area contributed by atoms with E-state index in [0.29, 0.717) is 24.3 Å². The van der Waals surface area contributed by atoms with Crippen LogP contribution in [0.1, 0.15) is 26.7 Å². The Morgan fingerprint density at radius 2 is 1.94 bits per heavy atom. The van der Waals surface area contributed by atoms with Gasteiger partial charge in [-0.1, -0.05) is 13.8 Å². The average Bonchev–Trinajstić information content (AvgIpc) is 2.71. The molecule has 0 saturated heterocycles. The number of fused-ring (bicyclic) bond motifs is 1. The van der Waals surface area contributed by atoms with Gasteiger partial charge >= 0.3 is 6.09 Å². The Labute approximate surface area is 99.9 Å². The van der Waals surface area contributed by atoms with Crippen molar-refractivity contribution in [2.45, 2.75) is 32.7 Å². The van der Waals surface area contributed by atoms with Gasteiger partial charge in [0.1, 0.15) is 6.67 Å². The molecule has 0 bridgehead atoms. The number of rotatable bonds is 3. The van der Waals surface area contributed by atoms with E-state index in [2.05, 4.69) is 23.8 Å². The molecule has 92 valence electrons. The Bertz CT molecular complexity index is 420. The standard InChI is InChI=1S/C11H16N4O2/c1-3-8(4-2)14-7-15(11(16)17)10-9(14)12-5-6-13-10/h5-6,8H,3-4,7H2,1-2H3,(H,16,17). The van der Waals surface area contributed by atoms with E-state index in [1.165, 1.54) is 11.1 Å². The topological polar surface area (TPSA) is 69.6 Å². The first-order chi connectivity index (χ1) is 8.19. The van der Waals surface area contributed by atoms with Gasteiger partial charge in [-0.15, -0.1) is 0 Å². The van der Waals surface area contributed by atoms with E-state index in [1.54, 1.807) is 6.20 Å². The summed E-state index contributed by atoms with van der Waals surface area (Å²) in [7, 11) is 0. The van der Waals surface area contributed by atoms with Crippen LogP contribution >= 0.6 is 0 Å². The molecule has 0 spiro atoms. The first-order valence-corrected chi connectivity index (χ1v) is 5.77. The summed E-state index contributed by atoms with van der Waals surface area (Å²) in [5, 5.41) is 9.14. The SMILES string of the molecule is CCC(CC)N1CN(C(=O)O)c2nccnc21. The van der Waals surface area contributed by atoms with Crippen molar-refractivity contribution in [3.05, 3.63) is 12.4 Å². The minimum Gasteiger partial charge on any atom is -0.465 e. The van der Waals surface area contributed by atoms with Crippen LogP contribution in [0, 0.1) is 0 Å². The van der Waals surface area contributed by atoms with Crippen LogP contribution in [-0.2, 0) is 0 Å². The highest BCUT2D eigenvalue weighted by Crippen LogP contribution is 2.33. The van der Waals surface area contributed by atoms with Gasteiger partial charge in [0, 0.05) is 18.4 Å². The average molecular weight is 236 g/mol. The fraction of sp³-hybridized carbons (Fsp3) is 0.545. The first kappa shape index (κ1) is 11.6. The highest BCUT2D eigenvalue weighted by Gasteiger charge is 2.35.